The molecule has 1 N–H and O–H groups in total. The molecule has 3 nitrogen and oxygen atoms in total. The number of halogens is 4. The second kappa shape index (κ2) is 10.7. The quantitative estimate of drug-likeness (QED) is 0.212. The highest BCUT2D eigenvalue weighted by Gasteiger charge is 2.19. The summed E-state index contributed by atoms with van der Waals surface area (Å²) in [5, 5.41) is 10.3. The van der Waals surface area contributed by atoms with Crippen LogP contribution in [-0.2, 0) is 11.2 Å². The maximum atomic E-state index is 13.6. The van der Waals surface area contributed by atoms with Crippen molar-refractivity contribution < 1.29 is 32.2 Å². The van der Waals surface area contributed by atoms with E-state index in [0.717, 1.165) is 0 Å². The largest absolute Gasteiger partial charge is 0.507 e. The summed E-state index contributed by atoms with van der Waals surface area (Å²) < 4.78 is 59.2. The van der Waals surface area contributed by atoms with E-state index in [1.165, 1.54) is 0 Å². The number of ketones is 1. The van der Waals surface area contributed by atoms with Crippen molar-refractivity contribution in [2.75, 3.05) is 12.4 Å². The summed E-state index contributed by atoms with van der Waals surface area (Å²) >= 11 is 0.706. The van der Waals surface area contributed by atoms with Gasteiger partial charge < -0.3 is 9.84 Å². The second-order valence-electron chi connectivity index (χ2n) is 7.20. The van der Waals surface area contributed by atoms with Gasteiger partial charge in [-0.3, -0.25) is 4.79 Å². The minimum atomic E-state index is -1.42. The van der Waals surface area contributed by atoms with E-state index in [-0.39, 0.29) is 42.3 Å². The number of rotatable bonds is 10. The number of hydrogen-bond acceptors (Lipinski definition) is 4. The standard InChI is InChI=1S/C22H24F4O3S/c1-12(2)17(27)10-14-6-7-18(13(3)21(14)28)29-8-4-5-9-30-22-19(25)15(23)11-16(24)20(22)26/h6-7,11-12,28H,4-5,8-10H2,1-3H3. The normalized spacial score (nSPS) is 11.2. The molecule has 0 radical (unpaired) electrons. The van der Waals surface area contributed by atoms with Crippen LogP contribution in [0.5, 0.6) is 11.5 Å². The zero-order chi connectivity index (χ0) is 22.4. The van der Waals surface area contributed by atoms with Crippen LogP contribution >= 0.6 is 11.8 Å². The van der Waals surface area contributed by atoms with Gasteiger partial charge in [0.2, 0.25) is 0 Å². The highest BCUT2D eigenvalue weighted by molar-refractivity contribution is 7.99. The Balaban J connectivity index is 1.84. The molecule has 0 aromatic heterocycles. The van der Waals surface area contributed by atoms with Gasteiger partial charge in [0.1, 0.15) is 17.3 Å². The lowest BCUT2D eigenvalue weighted by Crippen LogP contribution is -2.10. The summed E-state index contributed by atoms with van der Waals surface area (Å²) in [5.74, 6) is -4.97. The first kappa shape index (κ1) is 24.1. The molecule has 0 bridgehead atoms. The van der Waals surface area contributed by atoms with Gasteiger partial charge in [0, 0.05) is 29.5 Å². The highest BCUT2D eigenvalue weighted by Crippen LogP contribution is 2.32. The Morgan fingerprint density at radius 1 is 1.10 bits per heavy atom. The molecule has 2 aromatic rings. The fraction of sp³-hybridized carbons (Fsp3) is 0.409. The molecular weight excluding hydrogens is 420 g/mol. The van der Waals surface area contributed by atoms with Crippen molar-refractivity contribution in [3.05, 3.63) is 52.6 Å². The lowest BCUT2D eigenvalue weighted by atomic mass is 9.98. The monoisotopic (exact) mass is 444 g/mol. The number of Topliss-reactive ketones (excluding diaryl/α,β-unsaturated/α-hetero) is 1. The van der Waals surface area contributed by atoms with E-state index in [0.29, 0.717) is 41.5 Å². The summed E-state index contributed by atoms with van der Waals surface area (Å²) in [6.07, 6.45) is 1.17. The lowest BCUT2D eigenvalue weighted by Gasteiger charge is -2.14. The molecule has 0 saturated heterocycles. The van der Waals surface area contributed by atoms with E-state index < -0.39 is 28.2 Å². The number of thioether (sulfide) groups is 1. The molecule has 30 heavy (non-hydrogen) atoms. The number of carbonyl (C=O) groups excluding carboxylic acids is 1. The minimum absolute atomic E-state index is 0.0242. The SMILES string of the molecule is Cc1c(OCCCCSc2c(F)c(F)cc(F)c2F)ccc(CC(=O)C(C)C)c1O. The van der Waals surface area contributed by atoms with E-state index >= 15 is 0 Å². The Bertz CT molecular complexity index is 890. The van der Waals surface area contributed by atoms with E-state index in [1.807, 2.05) is 0 Å². The molecule has 0 heterocycles. The Morgan fingerprint density at radius 3 is 2.33 bits per heavy atom. The summed E-state index contributed by atoms with van der Waals surface area (Å²) in [6.45, 7) is 5.58. The topological polar surface area (TPSA) is 46.5 Å². The third-order valence-corrected chi connectivity index (χ3v) is 5.73. The van der Waals surface area contributed by atoms with Gasteiger partial charge in [0.05, 0.1) is 11.5 Å². The maximum Gasteiger partial charge on any atom is 0.175 e. The van der Waals surface area contributed by atoms with Crippen LogP contribution in [0.1, 0.15) is 37.8 Å². The Kier molecular flexibility index (Phi) is 8.58. The molecular formula is C22H24F4O3S. The van der Waals surface area contributed by atoms with Crippen molar-refractivity contribution >= 4 is 17.5 Å². The van der Waals surface area contributed by atoms with Gasteiger partial charge in [0.15, 0.2) is 23.3 Å². The molecule has 0 spiro atoms. The van der Waals surface area contributed by atoms with Crippen LogP contribution in [0.2, 0.25) is 0 Å². The van der Waals surface area contributed by atoms with E-state index in [2.05, 4.69) is 0 Å². The molecule has 2 aromatic carbocycles. The molecule has 0 aliphatic carbocycles. The molecule has 0 unspecified atom stereocenters. The third-order valence-electron chi connectivity index (χ3n) is 4.59. The highest BCUT2D eigenvalue weighted by atomic mass is 32.2. The predicted octanol–water partition coefficient (Wildman–Crippen LogP) is 5.98. The van der Waals surface area contributed by atoms with Gasteiger partial charge in [-0.25, -0.2) is 17.6 Å². The number of ether oxygens (including phenoxy) is 1. The molecule has 164 valence electrons. The minimum Gasteiger partial charge on any atom is -0.507 e. The number of phenols is 1. The van der Waals surface area contributed by atoms with Gasteiger partial charge >= 0.3 is 0 Å². The average molecular weight is 444 g/mol. The number of hydrogen-bond donors (Lipinski definition) is 1. The number of benzene rings is 2. The van der Waals surface area contributed by atoms with Crippen molar-refractivity contribution in [3.63, 3.8) is 0 Å². The van der Waals surface area contributed by atoms with Crippen LogP contribution in [0.3, 0.4) is 0 Å². The van der Waals surface area contributed by atoms with Gasteiger partial charge in [-0.2, -0.15) is 0 Å². The van der Waals surface area contributed by atoms with E-state index in [9.17, 15) is 27.5 Å². The van der Waals surface area contributed by atoms with E-state index in [1.54, 1.807) is 32.9 Å². The van der Waals surface area contributed by atoms with Gasteiger partial charge in [-0.1, -0.05) is 19.9 Å². The molecule has 0 aliphatic rings. The van der Waals surface area contributed by atoms with Gasteiger partial charge in [0.25, 0.3) is 0 Å². The summed E-state index contributed by atoms with van der Waals surface area (Å²) in [4.78, 5) is 11.2. The van der Waals surface area contributed by atoms with Crippen LogP contribution in [0.15, 0.2) is 23.1 Å². The molecule has 8 heteroatoms. The third kappa shape index (κ3) is 5.90. The van der Waals surface area contributed by atoms with Crippen molar-refractivity contribution in [2.45, 2.75) is 44.9 Å². The van der Waals surface area contributed by atoms with Crippen molar-refractivity contribution in [1.29, 1.82) is 0 Å². The van der Waals surface area contributed by atoms with E-state index in [4.69, 9.17) is 4.74 Å². The first-order valence-corrected chi connectivity index (χ1v) is 10.5. The first-order valence-electron chi connectivity index (χ1n) is 9.56. The molecule has 0 atom stereocenters. The molecule has 2 rings (SSSR count). The fourth-order valence-corrected chi connectivity index (χ4v) is 3.67. The molecule has 0 fully saturated rings. The first-order chi connectivity index (χ1) is 14.1. The fourth-order valence-electron chi connectivity index (χ4n) is 2.67. The molecule has 0 saturated carbocycles. The summed E-state index contributed by atoms with van der Waals surface area (Å²) in [6, 6.07) is 3.52. The predicted molar refractivity (Wildman–Crippen MR) is 108 cm³/mol. The Labute approximate surface area is 177 Å². The zero-order valence-electron chi connectivity index (χ0n) is 17.0. The van der Waals surface area contributed by atoms with Crippen LogP contribution in [-0.4, -0.2) is 23.2 Å². The maximum absolute atomic E-state index is 13.6. The number of carbonyl (C=O) groups is 1. The Morgan fingerprint density at radius 2 is 1.73 bits per heavy atom. The summed E-state index contributed by atoms with van der Waals surface area (Å²) in [5.41, 5.74) is 1.07. The van der Waals surface area contributed by atoms with Gasteiger partial charge in [-0.05, 0) is 31.6 Å². The smallest absolute Gasteiger partial charge is 0.175 e. The molecule has 0 aliphatic heterocycles. The van der Waals surface area contributed by atoms with Crippen LogP contribution in [0.25, 0.3) is 0 Å². The van der Waals surface area contributed by atoms with Crippen molar-refractivity contribution in [1.82, 2.24) is 0 Å². The number of phenolic OH excluding ortho intramolecular Hbond substituents is 1. The van der Waals surface area contributed by atoms with Crippen LogP contribution in [0.4, 0.5) is 17.6 Å². The zero-order valence-corrected chi connectivity index (χ0v) is 17.8. The van der Waals surface area contributed by atoms with Crippen molar-refractivity contribution in [3.8, 4) is 11.5 Å². The van der Waals surface area contributed by atoms with Crippen LogP contribution in [0, 0.1) is 36.1 Å². The van der Waals surface area contributed by atoms with Gasteiger partial charge in [-0.15, -0.1) is 11.8 Å². The number of unbranched alkanes of at least 4 members (excludes halogenated alkanes) is 1. The van der Waals surface area contributed by atoms with Crippen LogP contribution < -0.4 is 4.74 Å². The molecule has 0 amide bonds. The average Bonchev–Trinajstić information content (AvgIpc) is 2.70. The van der Waals surface area contributed by atoms with Crippen molar-refractivity contribution in [2.24, 2.45) is 5.92 Å². The second-order valence-corrected chi connectivity index (χ2v) is 8.30. The summed E-state index contributed by atoms with van der Waals surface area (Å²) in [7, 11) is 0. The number of aromatic hydroxyl groups is 1. The lowest BCUT2D eigenvalue weighted by molar-refractivity contribution is -0.121. The Hall–Kier alpha value is -2.22.